The lowest BCUT2D eigenvalue weighted by Crippen LogP contribution is -2.15. The highest BCUT2D eigenvalue weighted by atomic mass is 14.5. The minimum Gasteiger partial charge on any atom is -0.344 e. The zero-order valence-corrected chi connectivity index (χ0v) is 6.91. The molecule has 0 radical (unpaired) electrons. The fourth-order valence-corrected chi connectivity index (χ4v) is 0.568. The smallest absolute Gasteiger partial charge is 0.00722 e. The maximum absolute atomic E-state index is 5.39. The molecule has 0 spiro atoms. The fourth-order valence-electron chi connectivity index (χ4n) is 0.568. The molecular weight excluding hydrogens is 112 g/mol. The van der Waals surface area contributed by atoms with Crippen molar-refractivity contribution < 1.29 is 0 Å². The highest BCUT2D eigenvalue weighted by Gasteiger charge is 2.12. The first-order valence-corrected chi connectivity index (χ1v) is 3.32. The molecule has 0 aromatic rings. The summed E-state index contributed by atoms with van der Waals surface area (Å²) in [5, 5.41) is 0. The van der Waals surface area contributed by atoms with Crippen LogP contribution in [0.1, 0.15) is 33.6 Å². The fraction of sp³-hybridized carbons (Fsp3) is 1.00. The topological polar surface area (TPSA) is 61.0 Å². The summed E-state index contributed by atoms with van der Waals surface area (Å²) >= 11 is 0. The summed E-state index contributed by atoms with van der Waals surface area (Å²) in [6, 6.07) is 0. The molecule has 0 aliphatic rings. The highest BCUT2D eigenvalue weighted by Crippen LogP contribution is 2.22. The van der Waals surface area contributed by atoms with E-state index in [4.69, 9.17) is 5.73 Å². The number of hydrogen-bond donors (Lipinski definition) is 2. The van der Waals surface area contributed by atoms with Crippen molar-refractivity contribution in [3.8, 4) is 0 Å². The number of nitrogens with two attached hydrogens (primary N) is 1. The van der Waals surface area contributed by atoms with Gasteiger partial charge in [-0.15, -0.1) is 0 Å². The van der Waals surface area contributed by atoms with Gasteiger partial charge < -0.3 is 11.9 Å². The summed E-state index contributed by atoms with van der Waals surface area (Å²) in [6.45, 7) is 7.52. The maximum Gasteiger partial charge on any atom is -0.00722 e. The van der Waals surface area contributed by atoms with Gasteiger partial charge in [0, 0.05) is 0 Å². The van der Waals surface area contributed by atoms with Crippen LogP contribution in [0.5, 0.6) is 0 Å². The summed E-state index contributed by atoms with van der Waals surface area (Å²) < 4.78 is 0. The molecule has 0 bridgehead atoms. The van der Waals surface area contributed by atoms with Crippen molar-refractivity contribution >= 4 is 0 Å². The number of hydrogen-bond acceptors (Lipinski definition) is 2. The Bertz CT molecular complexity index is 59.9. The third-order valence-electron chi connectivity index (χ3n) is 1.78. The SMILES string of the molecule is CCC(C)(C)CCN.N. The molecule has 0 saturated carbocycles. The molecular formula is C7H20N2. The molecule has 0 unspecified atom stereocenters. The Morgan fingerprint density at radius 1 is 1.33 bits per heavy atom. The summed E-state index contributed by atoms with van der Waals surface area (Å²) in [6.07, 6.45) is 2.37. The first-order valence-electron chi connectivity index (χ1n) is 3.32. The zero-order chi connectivity index (χ0) is 6.62. The van der Waals surface area contributed by atoms with Crippen molar-refractivity contribution in [1.29, 1.82) is 0 Å². The van der Waals surface area contributed by atoms with Crippen molar-refractivity contribution in [1.82, 2.24) is 6.15 Å². The first-order chi connectivity index (χ1) is 3.62. The molecule has 0 aromatic carbocycles. The van der Waals surface area contributed by atoms with Gasteiger partial charge in [0.2, 0.25) is 0 Å². The minimum absolute atomic E-state index is 0. The molecule has 0 amide bonds. The van der Waals surface area contributed by atoms with Crippen molar-refractivity contribution in [2.45, 2.75) is 33.6 Å². The van der Waals surface area contributed by atoms with E-state index in [2.05, 4.69) is 20.8 Å². The van der Waals surface area contributed by atoms with Gasteiger partial charge in [-0.05, 0) is 18.4 Å². The predicted octanol–water partition coefficient (Wildman–Crippen LogP) is 1.93. The van der Waals surface area contributed by atoms with Gasteiger partial charge in [0.15, 0.2) is 0 Å². The molecule has 5 N–H and O–H groups in total. The number of rotatable bonds is 3. The average Bonchev–Trinajstić information content (AvgIpc) is 1.67. The molecule has 9 heavy (non-hydrogen) atoms. The van der Waals surface area contributed by atoms with Crippen LogP contribution in [0.3, 0.4) is 0 Å². The molecule has 0 aromatic heterocycles. The van der Waals surface area contributed by atoms with E-state index in [1.165, 1.54) is 6.42 Å². The van der Waals surface area contributed by atoms with Crippen molar-refractivity contribution in [3.63, 3.8) is 0 Å². The Labute approximate surface area is 58.4 Å². The molecule has 0 rings (SSSR count). The van der Waals surface area contributed by atoms with Crippen molar-refractivity contribution in [2.24, 2.45) is 11.1 Å². The first kappa shape index (κ1) is 11.7. The van der Waals surface area contributed by atoms with Gasteiger partial charge in [0.1, 0.15) is 0 Å². The Balaban J connectivity index is 0. The van der Waals surface area contributed by atoms with Gasteiger partial charge in [-0.25, -0.2) is 0 Å². The van der Waals surface area contributed by atoms with Crippen LogP contribution < -0.4 is 11.9 Å². The monoisotopic (exact) mass is 132 g/mol. The largest absolute Gasteiger partial charge is 0.344 e. The van der Waals surface area contributed by atoms with Crippen LogP contribution in [0.25, 0.3) is 0 Å². The van der Waals surface area contributed by atoms with E-state index >= 15 is 0 Å². The van der Waals surface area contributed by atoms with Crippen LogP contribution in [-0.2, 0) is 0 Å². The van der Waals surface area contributed by atoms with E-state index < -0.39 is 0 Å². The van der Waals surface area contributed by atoms with E-state index in [0.717, 1.165) is 13.0 Å². The summed E-state index contributed by atoms with van der Waals surface area (Å²) in [5.41, 5.74) is 5.86. The minimum atomic E-state index is 0. The lowest BCUT2D eigenvalue weighted by molar-refractivity contribution is 0.328. The Hall–Kier alpha value is -0.0800. The van der Waals surface area contributed by atoms with Crippen molar-refractivity contribution in [2.75, 3.05) is 6.54 Å². The quantitative estimate of drug-likeness (QED) is 0.616. The lowest BCUT2D eigenvalue weighted by atomic mass is 9.87. The van der Waals surface area contributed by atoms with Crippen LogP contribution in [0.15, 0.2) is 0 Å². The third-order valence-corrected chi connectivity index (χ3v) is 1.78. The molecule has 0 fully saturated rings. The molecule has 2 nitrogen and oxygen atoms in total. The normalized spacial score (nSPS) is 10.7. The zero-order valence-electron chi connectivity index (χ0n) is 6.91. The Kier molecular flexibility index (Phi) is 6.19. The van der Waals surface area contributed by atoms with E-state index in [1.54, 1.807) is 0 Å². The van der Waals surface area contributed by atoms with E-state index in [1.807, 2.05) is 0 Å². The second-order valence-corrected chi connectivity index (χ2v) is 3.06. The van der Waals surface area contributed by atoms with Gasteiger partial charge in [-0.2, -0.15) is 0 Å². The van der Waals surface area contributed by atoms with Crippen molar-refractivity contribution in [3.05, 3.63) is 0 Å². The van der Waals surface area contributed by atoms with Gasteiger partial charge in [-0.3, -0.25) is 0 Å². The molecule has 0 aliphatic heterocycles. The molecule has 0 saturated heterocycles. The molecule has 0 heterocycles. The summed E-state index contributed by atoms with van der Waals surface area (Å²) in [4.78, 5) is 0. The van der Waals surface area contributed by atoms with Gasteiger partial charge in [0.05, 0.1) is 0 Å². The van der Waals surface area contributed by atoms with Gasteiger partial charge >= 0.3 is 0 Å². The standard InChI is InChI=1S/C7H17N.H3N/c1-4-7(2,3)5-6-8;/h4-6,8H2,1-3H3;1H3. The third kappa shape index (κ3) is 5.80. The average molecular weight is 132 g/mol. The molecule has 0 atom stereocenters. The summed E-state index contributed by atoms with van der Waals surface area (Å²) in [7, 11) is 0. The van der Waals surface area contributed by atoms with E-state index in [-0.39, 0.29) is 6.15 Å². The Morgan fingerprint density at radius 2 is 1.78 bits per heavy atom. The second-order valence-electron chi connectivity index (χ2n) is 3.06. The second kappa shape index (κ2) is 4.77. The van der Waals surface area contributed by atoms with Crippen LogP contribution in [0.4, 0.5) is 0 Å². The van der Waals surface area contributed by atoms with E-state index in [0.29, 0.717) is 5.41 Å². The van der Waals surface area contributed by atoms with Gasteiger partial charge in [0.25, 0.3) is 0 Å². The molecule has 0 aliphatic carbocycles. The summed E-state index contributed by atoms with van der Waals surface area (Å²) in [5.74, 6) is 0. The van der Waals surface area contributed by atoms with Crippen LogP contribution >= 0.6 is 0 Å². The van der Waals surface area contributed by atoms with Crippen LogP contribution in [-0.4, -0.2) is 6.54 Å². The lowest BCUT2D eigenvalue weighted by Gasteiger charge is -2.20. The molecule has 58 valence electrons. The highest BCUT2D eigenvalue weighted by molar-refractivity contribution is 4.65. The van der Waals surface area contributed by atoms with Crippen LogP contribution in [0.2, 0.25) is 0 Å². The van der Waals surface area contributed by atoms with Gasteiger partial charge in [-0.1, -0.05) is 27.2 Å². The predicted molar refractivity (Wildman–Crippen MR) is 42.8 cm³/mol. The molecule has 2 heteroatoms. The van der Waals surface area contributed by atoms with E-state index in [9.17, 15) is 0 Å². The maximum atomic E-state index is 5.39. The van der Waals surface area contributed by atoms with Crippen LogP contribution in [0, 0.1) is 5.41 Å². The Morgan fingerprint density at radius 3 is 1.89 bits per heavy atom.